The number of ketones is 1. The Hall–Kier alpha value is -1.45. The summed E-state index contributed by atoms with van der Waals surface area (Å²) >= 11 is 7.02. The molecule has 0 radical (unpaired) electrons. The summed E-state index contributed by atoms with van der Waals surface area (Å²) in [5.41, 5.74) is 1.79. The van der Waals surface area contributed by atoms with E-state index in [0.29, 0.717) is 6.42 Å². The van der Waals surface area contributed by atoms with Crippen molar-refractivity contribution in [3.05, 3.63) is 80.7 Å². The van der Waals surface area contributed by atoms with Gasteiger partial charge in [0.15, 0.2) is 5.78 Å². The summed E-state index contributed by atoms with van der Waals surface area (Å²) in [7, 11) is 0. The van der Waals surface area contributed by atoms with Gasteiger partial charge in [-0.3, -0.25) is 4.79 Å². The van der Waals surface area contributed by atoms with Crippen molar-refractivity contribution in [1.29, 1.82) is 0 Å². The average molecular weight is 404 g/mol. The SMILES string of the molecule is O=C(Cc1ccc2cc(Br)c(Br)cc2c1)c1ccccc1. The molecule has 21 heavy (non-hydrogen) atoms. The van der Waals surface area contributed by atoms with Gasteiger partial charge in [-0.25, -0.2) is 0 Å². The van der Waals surface area contributed by atoms with Crippen LogP contribution >= 0.6 is 31.9 Å². The first-order valence-corrected chi connectivity index (χ1v) is 8.18. The maximum absolute atomic E-state index is 12.3. The smallest absolute Gasteiger partial charge is 0.167 e. The Kier molecular flexibility index (Phi) is 4.22. The van der Waals surface area contributed by atoms with E-state index >= 15 is 0 Å². The number of Topliss-reactive ketones (excluding diaryl/α,β-unsaturated/α-hetero) is 1. The molecule has 0 aliphatic carbocycles. The van der Waals surface area contributed by atoms with Gasteiger partial charge in [0.1, 0.15) is 0 Å². The summed E-state index contributed by atoms with van der Waals surface area (Å²) in [5, 5.41) is 2.28. The van der Waals surface area contributed by atoms with E-state index < -0.39 is 0 Å². The first-order valence-electron chi connectivity index (χ1n) is 6.59. The van der Waals surface area contributed by atoms with Crippen molar-refractivity contribution in [1.82, 2.24) is 0 Å². The highest BCUT2D eigenvalue weighted by Crippen LogP contribution is 2.29. The van der Waals surface area contributed by atoms with Gasteiger partial charge in [-0.1, -0.05) is 48.5 Å². The summed E-state index contributed by atoms with van der Waals surface area (Å²) in [6, 6.07) is 19.7. The third-order valence-electron chi connectivity index (χ3n) is 3.40. The van der Waals surface area contributed by atoms with Crippen molar-refractivity contribution in [3.63, 3.8) is 0 Å². The molecular weight excluding hydrogens is 392 g/mol. The molecule has 0 aliphatic rings. The van der Waals surface area contributed by atoms with E-state index in [0.717, 1.165) is 30.8 Å². The molecule has 0 spiro atoms. The Morgan fingerprint density at radius 1 is 0.810 bits per heavy atom. The largest absolute Gasteiger partial charge is 0.294 e. The van der Waals surface area contributed by atoms with Crippen LogP contribution in [0.3, 0.4) is 0 Å². The number of carbonyl (C=O) groups excluding carboxylic acids is 1. The zero-order valence-electron chi connectivity index (χ0n) is 11.1. The molecule has 1 nitrogen and oxygen atoms in total. The summed E-state index contributed by atoms with van der Waals surface area (Å²) in [4.78, 5) is 12.3. The lowest BCUT2D eigenvalue weighted by Gasteiger charge is -2.06. The van der Waals surface area contributed by atoms with E-state index in [-0.39, 0.29) is 5.78 Å². The van der Waals surface area contributed by atoms with Crippen molar-refractivity contribution in [2.75, 3.05) is 0 Å². The van der Waals surface area contributed by atoms with E-state index in [1.165, 1.54) is 0 Å². The third-order valence-corrected chi connectivity index (χ3v) is 5.25. The number of fused-ring (bicyclic) bond motifs is 1. The molecule has 3 aromatic rings. The Labute approximate surface area is 140 Å². The quantitative estimate of drug-likeness (QED) is 0.505. The maximum atomic E-state index is 12.3. The van der Waals surface area contributed by atoms with Crippen LogP contribution in [0.25, 0.3) is 10.8 Å². The number of carbonyl (C=O) groups is 1. The first kappa shape index (κ1) is 14.5. The van der Waals surface area contributed by atoms with Crippen LogP contribution in [0.5, 0.6) is 0 Å². The highest BCUT2D eigenvalue weighted by molar-refractivity contribution is 9.13. The molecule has 0 atom stereocenters. The van der Waals surface area contributed by atoms with Crippen LogP contribution in [0.4, 0.5) is 0 Å². The molecule has 0 aromatic heterocycles. The number of benzene rings is 3. The van der Waals surface area contributed by atoms with Gasteiger partial charge in [0, 0.05) is 20.9 Å². The molecule has 0 saturated carbocycles. The second-order valence-electron chi connectivity index (χ2n) is 4.91. The van der Waals surface area contributed by atoms with Gasteiger partial charge in [-0.15, -0.1) is 0 Å². The summed E-state index contributed by atoms with van der Waals surface area (Å²) in [6.07, 6.45) is 0.424. The lowest BCUT2D eigenvalue weighted by Crippen LogP contribution is -2.03. The molecule has 0 fully saturated rings. The minimum atomic E-state index is 0.145. The Morgan fingerprint density at radius 2 is 1.48 bits per heavy atom. The molecule has 0 saturated heterocycles. The summed E-state index contributed by atoms with van der Waals surface area (Å²) in [5.74, 6) is 0.145. The number of hydrogen-bond acceptors (Lipinski definition) is 1. The van der Waals surface area contributed by atoms with E-state index in [9.17, 15) is 4.79 Å². The van der Waals surface area contributed by atoms with Gasteiger partial charge >= 0.3 is 0 Å². The van der Waals surface area contributed by atoms with Gasteiger partial charge in [-0.05, 0) is 60.3 Å². The van der Waals surface area contributed by atoms with E-state index in [1.807, 2.05) is 36.4 Å². The van der Waals surface area contributed by atoms with Crippen molar-refractivity contribution in [3.8, 4) is 0 Å². The lowest BCUT2D eigenvalue weighted by molar-refractivity contribution is 0.0993. The maximum Gasteiger partial charge on any atom is 0.167 e. The van der Waals surface area contributed by atoms with Gasteiger partial charge in [0.2, 0.25) is 0 Å². The van der Waals surface area contributed by atoms with Gasteiger partial charge < -0.3 is 0 Å². The van der Waals surface area contributed by atoms with Crippen molar-refractivity contribution in [2.45, 2.75) is 6.42 Å². The zero-order chi connectivity index (χ0) is 14.8. The van der Waals surface area contributed by atoms with E-state index in [4.69, 9.17) is 0 Å². The Morgan fingerprint density at radius 3 is 2.19 bits per heavy atom. The summed E-state index contributed by atoms with van der Waals surface area (Å²) < 4.78 is 2.05. The highest BCUT2D eigenvalue weighted by Gasteiger charge is 2.08. The lowest BCUT2D eigenvalue weighted by atomic mass is 10.0. The van der Waals surface area contributed by atoms with Crippen LogP contribution in [-0.4, -0.2) is 5.78 Å². The molecular formula is C18H12Br2O. The normalized spacial score (nSPS) is 10.8. The number of hydrogen-bond donors (Lipinski definition) is 0. The van der Waals surface area contributed by atoms with Crippen molar-refractivity contribution < 1.29 is 4.79 Å². The topological polar surface area (TPSA) is 17.1 Å². The average Bonchev–Trinajstić information content (AvgIpc) is 2.49. The fourth-order valence-corrected chi connectivity index (χ4v) is 3.04. The van der Waals surface area contributed by atoms with Gasteiger partial charge in [-0.2, -0.15) is 0 Å². The predicted octanol–water partition coefficient (Wildman–Crippen LogP) is 5.79. The number of halogens is 2. The van der Waals surface area contributed by atoms with E-state index in [1.54, 1.807) is 0 Å². The van der Waals surface area contributed by atoms with Crippen LogP contribution in [-0.2, 0) is 6.42 Å². The van der Waals surface area contributed by atoms with Crippen LogP contribution in [0, 0.1) is 0 Å². The Balaban J connectivity index is 1.91. The van der Waals surface area contributed by atoms with Crippen LogP contribution in [0.2, 0.25) is 0 Å². The molecule has 0 amide bonds. The predicted molar refractivity (Wildman–Crippen MR) is 93.8 cm³/mol. The minimum Gasteiger partial charge on any atom is -0.294 e. The second kappa shape index (κ2) is 6.12. The molecule has 0 bridgehead atoms. The molecule has 0 N–H and O–H groups in total. The molecule has 3 aromatic carbocycles. The fraction of sp³-hybridized carbons (Fsp3) is 0.0556. The number of rotatable bonds is 3. The second-order valence-corrected chi connectivity index (χ2v) is 6.62. The van der Waals surface area contributed by atoms with Crippen LogP contribution in [0.1, 0.15) is 15.9 Å². The van der Waals surface area contributed by atoms with Crippen molar-refractivity contribution >= 4 is 48.4 Å². The van der Waals surface area contributed by atoms with Crippen LogP contribution < -0.4 is 0 Å². The standard InChI is InChI=1S/C18H12Br2O/c19-16-10-14-7-6-12(8-15(14)11-17(16)20)9-18(21)13-4-2-1-3-5-13/h1-8,10-11H,9H2. The molecule has 0 heterocycles. The molecule has 104 valence electrons. The summed E-state index contributed by atoms with van der Waals surface area (Å²) in [6.45, 7) is 0. The molecule has 3 rings (SSSR count). The van der Waals surface area contributed by atoms with Gasteiger partial charge in [0.25, 0.3) is 0 Å². The first-order chi connectivity index (χ1) is 10.1. The monoisotopic (exact) mass is 402 g/mol. The van der Waals surface area contributed by atoms with Gasteiger partial charge in [0.05, 0.1) is 0 Å². The highest BCUT2D eigenvalue weighted by atomic mass is 79.9. The fourth-order valence-electron chi connectivity index (χ4n) is 2.31. The minimum absolute atomic E-state index is 0.145. The zero-order valence-corrected chi connectivity index (χ0v) is 14.3. The molecule has 0 unspecified atom stereocenters. The van der Waals surface area contributed by atoms with Crippen LogP contribution in [0.15, 0.2) is 69.6 Å². The van der Waals surface area contributed by atoms with Crippen molar-refractivity contribution in [2.24, 2.45) is 0 Å². The molecule has 0 aliphatic heterocycles. The van der Waals surface area contributed by atoms with E-state index in [2.05, 4.69) is 56.1 Å². The molecule has 3 heteroatoms. The Bertz CT molecular complexity index is 810. The third kappa shape index (κ3) is 3.25.